The minimum absolute atomic E-state index is 0.0134. The van der Waals surface area contributed by atoms with Crippen LogP contribution in [0.2, 0.25) is 5.02 Å². The van der Waals surface area contributed by atoms with E-state index in [4.69, 9.17) is 11.6 Å². The van der Waals surface area contributed by atoms with Crippen molar-refractivity contribution in [2.75, 3.05) is 39.3 Å². The highest BCUT2D eigenvalue weighted by atomic mass is 35.5. The quantitative estimate of drug-likeness (QED) is 0.838. The maximum Gasteiger partial charge on any atom is 0.226 e. The van der Waals surface area contributed by atoms with Crippen LogP contribution in [-0.4, -0.2) is 60.9 Å². The smallest absolute Gasteiger partial charge is 0.226 e. The van der Waals surface area contributed by atoms with Crippen molar-refractivity contribution in [3.63, 3.8) is 0 Å². The van der Waals surface area contributed by atoms with E-state index in [2.05, 4.69) is 17.1 Å². The predicted octanol–water partition coefficient (Wildman–Crippen LogP) is 1.80. The molecule has 2 atom stereocenters. The summed E-state index contributed by atoms with van der Waals surface area (Å²) in [6.45, 7) is 7.21. The maximum absolute atomic E-state index is 12.5. The lowest BCUT2D eigenvalue weighted by atomic mass is 10.1. The average molecular weight is 364 g/mol. The van der Waals surface area contributed by atoms with Crippen LogP contribution in [0.1, 0.15) is 18.9 Å². The van der Waals surface area contributed by atoms with Crippen LogP contribution in [0.15, 0.2) is 24.3 Å². The maximum atomic E-state index is 12.5. The topological polar surface area (TPSA) is 52.7 Å². The second-order valence-corrected chi connectivity index (χ2v) is 7.31. The zero-order valence-electron chi connectivity index (χ0n) is 14.7. The van der Waals surface area contributed by atoms with Crippen molar-refractivity contribution < 1.29 is 9.59 Å². The summed E-state index contributed by atoms with van der Waals surface area (Å²) >= 11 is 5.86. The molecule has 0 bridgehead atoms. The third-order valence-corrected chi connectivity index (χ3v) is 5.45. The third kappa shape index (κ3) is 4.73. The highest BCUT2D eigenvalue weighted by Gasteiger charge is 2.49. The number of nitrogens with zero attached hydrogens (tertiary/aromatic N) is 2. The summed E-state index contributed by atoms with van der Waals surface area (Å²) in [5, 5.41) is 3.68. The Kier molecular flexibility index (Phi) is 5.97. The molecule has 25 heavy (non-hydrogen) atoms. The molecule has 0 spiro atoms. The van der Waals surface area contributed by atoms with E-state index in [1.165, 1.54) is 0 Å². The Balaban J connectivity index is 1.38. The van der Waals surface area contributed by atoms with Gasteiger partial charge in [-0.1, -0.05) is 30.7 Å². The molecule has 1 heterocycles. The highest BCUT2D eigenvalue weighted by molar-refractivity contribution is 6.30. The molecule has 1 aliphatic heterocycles. The van der Waals surface area contributed by atoms with Crippen LogP contribution in [-0.2, 0) is 16.0 Å². The van der Waals surface area contributed by atoms with Crippen LogP contribution in [0, 0.1) is 11.8 Å². The molecule has 2 amide bonds. The highest BCUT2D eigenvalue weighted by Crippen LogP contribution is 2.40. The molecule has 136 valence electrons. The molecule has 5 nitrogen and oxygen atoms in total. The number of likely N-dealkylation sites (N-methyl/N-ethyl adjacent to an activating group) is 1. The average Bonchev–Trinajstić information content (AvgIpc) is 3.43. The van der Waals surface area contributed by atoms with Crippen molar-refractivity contribution in [2.45, 2.75) is 19.8 Å². The summed E-state index contributed by atoms with van der Waals surface area (Å²) in [7, 11) is 0. The number of nitrogens with one attached hydrogen (secondary N) is 1. The van der Waals surface area contributed by atoms with E-state index in [0.717, 1.165) is 44.7 Å². The lowest BCUT2D eigenvalue weighted by Gasteiger charge is -2.34. The van der Waals surface area contributed by atoms with Gasteiger partial charge in [-0.25, -0.2) is 0 Å². The van der Waals surface area contributed by atoms with Crippen LogP contribution < -0.4 is 5.32 Å². The van der Waals surface area contributed by atoms with Gasteiger partial charge < -0.3 is 15.1 Å². The van der Waals surface area contributed by atoms with E-state index in [1.807, 2.05) is 29.2 Å². The molecule has 1 saturated carbocycles. The Bertz CT molecular complexity index is 612. The number of hydrogen-bond donors (Lipinski definition) is 1. The molecule has 2 fully saturated rings. The van der Waals surface area contributed by atoms with Gasteiger partial charge in [-0.3, -0.25) is 9.59 Å². The van der Waals surface area contributed by atoms with E-state index >= 15 is 0 Å². The first kappa shape index (κ1) is 18.2. The Morgan fingerprint density at radius 3 is 2.44 bits per heavy atom. The molecule has 2 aliphatic rings. The largest absolute Gasteiger partial charge is 0.356 e. The SMILES string of the molecule is CCN1CCN(C(=O)C2CC2C(=O)NCCc2ccc(Cl)cc2)CC1. The van der Waals surface area contributed by atoms with Gasteiger partial charge in [-0.15, -0.1) is 0 Å². The molecule has 0 aromatic heterocycles. The van der Waals surface area contributed by atoms with Gasteiger partial charge in [-0.05, 0) is 37.1 Å². The number of halogens is 1. The summed E-state index contributed by atoms with van der Waals surface area (Å²) < 4.78 is 0. The first-order chi connectivity index (χ1) is 12.1. The number of amides is 2. The summed E-state index contributed by atoms with van der Waals surface area (Å²) in [6, 6.07) is 7.64. The summed E-state index contributed by atoms with van der Waals surface area (Å²) in [5.41, 5.74) is 1.14. The molecule has 1 aliphatic carbocycles. The van der Waals surface area contributed by atoms with Crippen molar-refractivity contribution >= 4 is 23.4 Å². The fraction of sp³-hybridized carbons (Fsp3) is 0.579. The third-order valence-electron chi connectivity index (χ3n) is 5.20. The van der Waals surface area contributed by atoms with E-state index in [-0.39, 0.29) is 23.7 Å². The minimum Gasteiger partial charge on any atom is -0.356 e. The van der Waals surface area contributed by atoms with E-state index < -0.39 is 0 Å². The Morgan fingerprint density at radius 2 is 1.80 bits per heavy atom. The van der Waals surface area contributed by atoms with Gasteiger partial charge in [0.1, 0.15) is 0 Å². The number of benzene rings is 1. The van der Waals surface area contributed by atoms with Crippen LogP contribution in [0.4, 0.5) is 0 Å². The number of rotatable bonds is 6. The summed E-state index contributed by atoms with van der Waals surface area (Å²) in [6.07, 6.45) is 1.47. The van der Waals surface area contributed by atoms with Crippen molar-refractivity contribution in [1.29, 1.82) is 0 Å². The molecule has 2 unspecified atom stereocenters. The predicted molar refractivity (Wildman–Crippen MR) is 98.5 cm³/mol. The van der Waals surface area contributed by atoms with Crippen molar-refractivity contribution in [3.8, 4) is 0 Å². The first-order valence-corrected chi connectivity index (χ1v) is 9.49. The molecule has 1 aromatic rings. The van der Waals surface area contributed by atoms with Crippen molar-refractivity contribution in [3.05, 3.63) is 34.9 Å². The van der Waals surface area contributed by atoms with E-state index in [9.17, 15) is 9.59 Å². The standard InChI is InChI=1S/C19H26ClN3O2/c1-2-22-9-11-23(12-10-22)19(25)17-13-16(17)18(24)21-8-7-14-3-5-15(20)6-4-14/h3-6,16-17H,2,7-13H2,1H3,(H,21,24). The normalized spacial score (nSPS) is 23.4. The van der Waals surface area contributed by atoms with E-state index in [1.54, 1.807) is 0 Å². The summed E-state index contributed by atoms with van der Waals surface area (Å²) in [4.78, 5) is 29.0. The lowest BCUT2D eigenvalue weighted by molar-refractivity contribution is -0.136. The molecule has 6 heteroatoms. The molecule has 3 rings (SSSR count). The molecule has 1 N–H and O–H groups in total. The van der Waals surface area contributed by atoms with Crippen molar-refractivity contribution in [2.24, 2.45) is 11.8 Å². The fourth-order valence-corrected chi connectivity index (χ4v) is 3.51. The number of hydrogen-bond acceptors (Lipinski definition) is 3. The van der Waals surface area contributed by atoms with Gasteiger partial charge >= 0.3 is 0 Å². The van der Waals surface area contributed by atoms with Gasteiger partial charge in [0, 0.05) is 37.7 Å². The Hall–Kier alpha value is -1.59. The molecular weight excluding hydrogens is 338 g/mol. The van der Waals surface area contributed by atoms with E-state index in [0.29, 0.717) is 18.0 Å². The number of carbonyl (C=O) groups excluding carboxylic acids is 2. The second-order valence-electron chi connectivity index (χ2n) is 6.88. The fourth-order valence-electron chi connectivity index (χ4n) is 3.39. The van der Waals surface area contributed by atoms with Crippen LogP contribution in [0.5, 0.6) is 0 Å². The van der Waals surface area contributed by atoms with Gasteiger partial charge in [0.15, 0.2) is 0 Å². The monoisotopic (exact) mass is 363 g/mol. The molecule has 0 radical (unpaired) electrons. The van der Waals surface area contributed by atoms with Crippen LogP contribution in [0.25, 0.3) is 0 Å². The zero-order chi connectivity index (χ0) is 17.8. The first-order valence-electron chi connectivity index (χ1n) is 9.11. The second kappa shape index (κ2) is 8.19. The van der Waals surface area contributed by atoms with Gasteiger partial charge in [-0.2, -0.15) is 0 Å². The van der Waals surface area contributed by atoms with Gasteiger partial charge in [0.05, 0.1) is 11.8 Å². The van der Waals surface area contributed by atoms with Crippen LogP contribution in [0.3, 0.4) is 0 Å². The molecule has 1 saturated heterocycles. The Morgan fingerprint density at radius 1 is 1.12 bits per heavy atom. The van der Waals surface area contributed by atoms with Gasteiger partial charge in [0.2, 0.25) is 11.8 Å². The van der Waals surface area contributed by atoms with Crippen molar-refractivity contribution in [1.82, 2.24) is 15.1 Å². The number of carbonyl (C=O) groups is 2. The molecular formula is C19H26ClN3O2. The van der Waals surface area contributed by atoms with Gasteiger partial charge in [0.25, 0.3) is 0 Å². The zero-order valence-corrected chi connectivity index (χ0v) is 15.5. The minimum atomic E-state index is -0.137. The summed E-state index contributed by atoms with van der Waals surface area (Å²) in [5.74, 6) is -0.0706. The van der Waals surface area contributed by atoms with Crippen LogP contribution >= 0.6 is 11.6 Å². The molecule has 1 aromatic carbocycles. The Labute approximate surface area is 154 Å². The lowest BCUT2D eigenvalue weighted by Crippen LogP contribution is -2.49. The number of piperazine rings is 1.